The van der Waals surface area contributed by atoms with Gasteiger partial charge in [-0.15, -0.1) is 0 Å². The first-order valence-electron chi connectivity index (χ1n) is 10.3. The molecule has 4 aromatic rings. The van der Waals surface area contributed by atoms with Crippen LogP contribution in [0.25, 0.3) is 11.0 Å². The highest BCUT2D eigenvalue weighted by molar-refractivity contribution is 5.79. The van der Waals surface area contributed by atoms with Gasteiger partial charge in [-0.25, -0.2) is 0 Å². The lowest BCUT2D eigenvalue weighted by Crippen LogP contribution is -2.08. The van der Waals surface area contributed by atoms with E-state index in [0.29, 0.717) is 47.2 Å². The van der Waals surface area contributed by atoms with E-state index >= 15 is 0 Å². The summed E-state index contributed by atoms with van der Waals surface area (Å²) in [6, 6.07) is 20.0. The van der Waals surface area contributed by atoms with Crippen LogP contribution < -0.4 is 24.4 Å². The van der Waals surface area contributed by atoms with Gasteiger partial charge < -0.3 is 23.4 Å². The number of hydrogen-bond acceptors (Lipinski definition) is 6. The Morgan fingerprint density at radius 1 is 0.875 bits per heavy atom. The van der Waals surface area contributed by atoms with Gasteiger partial charge in [0.15, 0.2) is 11.5 Å². The summed E-state index contributed by atoms with van der Waals surface area (Å²) in [4.78, 5) is 13.1. The van der Waals surface area contributed by atoms with E-state index in [1.54, 1.807) is 44.4 Å². The second-order valence-corrected chi connectivity index (χ2v) is 7.09. The van der Waals surface area contributed by atoms with Gasteiger partial charge in [0.05, 0.1) is 19.1 Å². The SMILES string of the molecule is CCOc1ccccc1Oc1c(C)oc2cc(OCc3ccc(OC)cc3)ccc2c1=O. The van der Waals surface area contributed by atoms with Crippen LogP contribution in [0.4, 0.5) is 0 Å². The molecule has 3 aromatic carbocycles. The van der Waals surface area contributed by atoms with Crippen LogP contribution in [-0.2, 0) is 6.61 Å². The molecule has 6 heteroatoms. The summed E-state index contributed by atoms with van der Waals surface area (Å²) in [6.07, 6.45) is 0. The smallest absolute Gasteiger partial charge is 0.235 e. The van der Waals surface area contributed by atoms with Crippen LogP contribution in [0.1, 0.15) is 18.2 Å². The molecule has 0 fully saturated rings. The quantitative estimate of drug-likeness (QED) is 0.346. The highest BCUT2D eigenvalue weighted by Crippen LogP contribution is 2.33. The number of hydrogen-bond donors (Lipinski definition) is 0. The summed E-state index contributed by atoms with van der Waals surface area (Å²) in [6.45, 7) is 4.46. The first-order valence-corrected chi connectivity index (χ1v) is 10.3. The molecular weight excluding hydrogens is 408 g/mol. The minimum absolute atomic E-state index is 0.136. The Kier molecular flexibility index (Phi) is 6.31. The molecule has 0 amide bonds. The first-order chi connectivity index (χ1) is 15.6. The van der Waals surface area contributed by atoms with Crippen molar-refractivity contribution in [2.45, 2.75) is 20.5 Å². The normalized spacial score (nSPS) is 10.7. The van der Waals surface area contributed by atoms with Crippen molar-refractivity contribution in [2.75, 3.05) is 13.7 Å². The topological polar surface area (TPSA) is 67.1 Å². The lowest BCUT2D eigenvalue weighted by atomic mass is 10.2. The van der Waals surface area contributed by atoms with Gasteiger partial charge in [0.25, 0.3) is 0 Å². The van der Waals surface area contributed by atoms with Crippen LogP contribution in [-0.4, -0.2) is 13.7 Å². The molecule has 1 aromatic heterocycles. The fourth-order valence-corrected chi connectivity index (χ4v) is 3.28. The standard InChI is InChI=1S/C26H24O6/c1-4-29-22-7-5-6-8-23(22)32-26-17(2)31-24-15-20(13-14-21(24)25(26)27)30-16-18-9-11-19(28-3)12-10-18/h5-15H,4,16H2,1-3H3. The van der Waals surface area contributed by atoms with Gasteiger partial charge in [0, 0.05) is 6.07 Å². The summed E-state index contributed by atoms with van der Waals surface area (Å²) < 4.78 is 28.4. The van der Waals surface area contributed by atoms with E-state index in [9.17, 15) is 4.79 Å². The van der Waals surface area contributed by atoms with Crippen LogP contribution >= 0.6 is 0 Å². The second-order valence-electron chi connectivity index (χ2n) is 7.09. The minimum Gasteiger partial charge on any atom is -0.497 e. The van der Waals surface area contributed by atoms with Crippen LogP contribution in [0.5, 0.6) is 28.7 Å². The van der Waals surface area contributed by atoms with Gasteiger partial charge in [-0.1, -0.05) is 24.3 Å². The lowest BCUT2D eigenvalue weighted by Gasteiger charge is -2.13. The lowest BCUT2D eigenvalue weighted by molar-refractivity contribution is 0.305. The molecular formula is C26H24O6. The average Bonchev–Trinajstić information content (AvgIpc) is 2.81. The van der Waals surface area contributed by atoms with Crippen LogP contribution in [0, 0.1) is 6.92 Å². The molecule has 4 rings (SSSR count). The van der Waals surface area contributed by atoms with Crippen molar-refractivity contribution in [3.8, 4) is 28.7 Å². The van der Waals surface area contributed by atoms with Gasteiger partial charge in [-0.3, -0.25) is 4.79 Å². The van der Waals surface area contributed by atoms with E-state index < -0.39 is 0 Å². The van der Waals surface area contributed by atoms with Gasteiger partial charge in [0.1, 0.15) is 29.4 Å². The van der Waals surface area contributed by atoms with Crippen molar-refractivity contribution in [2.24, 2.45) is 0 Å². The van der Waals surface area contributed by atoms with Crippen molar-refractivity contribution in [3.63, 3.8) is 0 Å². The van der Waals surface area contributed by atoms with Crippen molar-refractivity contribution in [1.29, 1.82) is 0 Å². The van der Waals surface area contributed by atoms with E-state index in [4.69, 9.17) is 23.4 Å². The molecule has 0 saturated heterocycles. The number of benzene rings is 3. The third kappa shape index (κ3) is 4.54. The number of fused-ring (bicyclic) bond motifs is 1. The van der Waals surface area contributed by atoms with Gasteiger partial charge in [0.2, 0.25) is 11.2 Å². The number of methoxy groups -OCH3 is 1. The van der Waals surface area contributed by atoms with Crippen molar-refractivity contribution >= 4 is 11.0 Å². The van der Waals surface area contributed by atoms with Crippen molar-refractivity contribution in [3.05, 3.63) is 88.3 Å². The Morgan fingerprint density at radius 2 is 1.59 bits per heavy atom. The number of aryl methyl sites for hydroxylation is 1. The number of para-hydroxylation sites is 2. The van der Waals surface area contributed by atoms with E-state index in [1.807, 2.05) is 43.3 Å². The third-order valence-corrected chi connectivity index (χ3v) is 4.91. The van der Waals surface area contributed by atoms with Gasteiger partial charge in [-0.2, -0.15) is 0 Å². The zero-order valence-corrected chi connectivity index (χ0v) is 18.2. The van der Waals surface area contributed by atoms with E-state index in [2.05, 4.69) is 0 Å². The number of rotatable bonds is 8. The summed E-state index contributed by atoms with van der Waals surface area (Å²) >= 11 is 0. The zero-order chi connectivity index (χ0) is 22.5. The van der Waals surface area contributed by atoms with Crippen LogP contribution in [0.2, 0.25) is 0 Å². The van der Waals surface area contributed by atoms with Crippen molar-refractivity contribution in [1.82, 2.24) is 0 Å². The Bertz CT molecular complexity index is 1270. The molecule has 1 heterocycles. The Balaban J connectivity index is 1.58. The van der Waals surface area contributed by atoms with Crippen LogP contribution in [0.3, 0.4) is 0 Å². The molecule has 6 nitrogen and oxygen atoms in total. The van der Waals surface area contributed by atoms with E-state index in [0.717, 1.165) is 11.3 Å². The molecule has 0 aliphatic rings. The Labute approximate surface area is 185 Å². The maximum atomic E-state index is 13.1. The minimum atomic E-state index is -0.253. The Hall–Kier alpha value is -3.93. The maximum absolute atomic E-state index is 13.1. The second kappa shape index (κ2) is 9.47. The maximum Gasteiger partial charge on any atom is 0.235 e. The Morgan fingerprint density at radius 3 is 2.31 bits per heavy atom. The molecule has 0 aliphatic carbocycles. The van der Waals surface area contributed by atoms with Crippen LogP contribution in [0.15, 0.2) is 75.9 Å². The first kappa shape index (κ1) is 21.3. The highest BCUT2D eigenvalue weighted by Gasteiger charge is 2.16. The average molecular weight is 432 g/mol. The zero-order valence-electron chi connectivity index (χ0n) is 18.2. The summed E-state index contributed by atoms with van der Waals surface area (Å²) in [5.41, 5.74) is 1.18. The summed E-state index contributed by atoms with van der Waals surface area (Å²) in [5.74, 6) is 2.93. The molecule has 0 saturated carbocycles. The third-order valence-electron chi connectivity index (χ3n) is 4.91. The summed E-state index contributed by atoms with van der Waals surface area (Å²) in [7, 11) is 1.63. The molecule has 0 aliphatic heterocycles. The van der Waals surface area contributed by atoms with Gasteiger partial charge in [-0.05, 0) is 55.8 Å². The number of ether oxygens (including phenoxy) is 4. The predicted octanol–water partition coefficient (Wildman–Crippen LogP) is 5.88. The molecule has 0 atom stereocenters. The molecule has 0 spiro atoms. The molecule has 0 unspecified atom stereocenters. The fraction of sp³-hybridized carbons (Fsp3) is 0.192. The fourth-order valence-electron chi connectivity index (χ4n) is 3.28. The largest absolute Gasteiger partial charge is 0.497 e. The molecule has 0 radical (unpaired) electrons. The predicted molar refractivity (Wildman–Crippen MR) is 122 cm³/mol. The van der Waals surface area contributed by atoms with E-state index in [-0.39, 0.29) is 11.2 Å². The van der Waals surface area contributed by atoms with Gasteiger partial charge >= 0.3 is 0 Å². The molecule has 32 heavy (non-hydrogen) atoms. The summed E-state index contributed by atoms with van der Waals surface area (Å²) in [5, 5.41) is 0.413. The molecule has 0 bridgehead atoms. The van der Waals surface area contributed by atoms with Crippen molar-refractivity contribution < 1.29 is 23.4 Å². The molecule has 164 valence electrons. The molecule has 0 N–H and O–H groups in total. The highest BCUT2D eigenvalue weighted by atomic mass is 16.5. The van der Waals surface area contributed by atoms with E-state index in [1.165, 1.54) is 0 Å². The monoisotopic (exact) mass is 432 g/mol.